The van der Waals surface area contributed by atoms with Gasteiger partial charge in [0.25, 0.3) is 0 Å². The molecule has 0 atom stereocenters. The molecule has 0 bridgehead atoms. The normalized spacial score (nSPS) is 18.0. The zero-order valence-electron chi connectivity index (χ0n) is 12.7. The predicted octanol–water partition coefficient (Wildman–Crippen LogP) is 2.06. The second-order valence-corrected chi connectivity index (χ2v) is 7.34. The van der Waals surface area contributed by atoms with Crippen molar-refractivity contribution in [3.63, 3.8) is 0 Å². The lowest BCUT2D eigenvalue weighted by Gasteiger charge is -2.40. The van der Waals surface area contributed by atoms with Crippen molar-refractivity contribution in [1.82, 2.24) is 20.4 Å². The van der Waals surface area contributed by atoms with Crippen LogP contribution in [0.2, 0.25) is 0 Å². The molecule has 1 N–H and O–H groups in total. The van der Waals surface area contributed by atoms with Gasteiger partial charge in [0, 0.05) is 25.6 Å². The quantitative estimate of drug-likeness (QED) is 0.931. The van der Waals surface area contributed by atoms with E-state index in [2.05, 4.69) is 36.7 Å². The minimum absolute atomic E-state index is 0.641. The van der Waals surface area contributed by atoms with Crippen molar-refractivity contribution in [3.8, 4) is 0 Å². The Hall–Kier alpha value is -1.76. The molecule has 2 aromatic heterocycles. The number of hydrogen-bond acceptors (Lipinski definition) is 7. The lowest BCUT2D eigenvalue weighted by molar-refractivity contribution is 0.424. The molecular formula is C15H20N6S. The van der Waals surface area contributed by atoms with Crippen LogP contribution >= 0.6 is 11.3 Å². The highest BCUT2D eigenvalue weighted by Crippen LogP contribution is 2.27. The number of nitrogens with zero attached hydrogens (tertiary/aromatic N) is 5. The molecule has 7 heteroatoms. The van der Waals surface area contributed by atoms with Gasteiger partial charge in [0.1, 0.15) is 5.01 Å². The molecule has 0 saturated carbocycles. The fraction of sp³-hybridized carbons (Fsp3) is 0.600. The van der Waals surface area contributed by atoms with Crippen LogP contribution < -0.4 is 10.2 Å². The molecule has 1 aliphatic heterocycles. The van der Waals surface area contributed by atoms with Crippen LogP contribution in [0.4, 0.5) is 10.9 Å². The Morgan fingerprint density at radius 2 is 2.05 bits per heavy atom. The van der Waals surface area contributed by atoms with Gasteiger partial charge in [0.05, 0.1) is 5.69 Å². The first-order valence-corrected chi connectivity index (χ1v) is 8.74. The number of hydrogen-bond donors (Lipinski definition) is 1. The van der Waals surface area contributed by atoms with E-state index in [-0.39, 0.29) is 0 Å². The van der Waals surface area contributed by atoms with Crippen LogP contribution in [-0.2, 0) is 12.8 Å². The van der Waals surface area contributed by atoms with Gasteiger partial charge >= 0.3 is 0 Å². The molecule has 1 fully saturated rings. The summed E-state index contributed by atoms with van der Waals surface area (Å²) in [5, 5.41) is 22.2. The summed E-state index contributed by atoms with van der Waals surface area (Å²) in [6.07, 6.45) is 4.79. The number of anilines is 2. The van der Waals surface area contributed by atoms with Crippen molar-refractivity contribution in [3.05, 3.63) is 22.3 Å². The van der Waals surface area contributed by atoms with Gasteiger partial charge in [-0.15, -0.1) is 15.3 Å². The highest BCUT2D eigenvalue weighted by Gasteiger charge is 2.28. The largest absolute Gasteiger partial charge is 0.360 e. The van der Waals surface area contributed by atoms with Crippen LogP contribution in [-0.4, -0.2) is 40.0 Å². The number of aryl methyl sites for hydroxylation is 3. The lowest BCUT2D eigenvalue weighted by atomic mass is 9.95. The van der Waals surface area contributed by atoms with E-state index in [1.54, 1.807) is 11.3 Å². The Morgan fingerprint density at radius 1 is 1.18 bits per heavy atom. The molecule has 3 heterocycles. The molecule has 4 rings (SSSR count). The second kappa shape index (κ2) is 5.79. The van der Waals surface area contributed by atoms with Crippen molar-refractivity contribution < 1.29 is 0 Å². The summed E-state index contributed by atoms with van der Waals surface area (Å²) >= 11 is 1.61. The lowest BCUT2D eigenvalue weighted by Crippen LogP contribution is -2.50. The monoisotopic (exact) mass is 316 g/mol. The molecule has 1 saturated heterocycles. The standard InChI is InChI=1S/C15H20N6S/c1-10-17-20-15(22-10)16-7-11-8-21(9-11)14-6-12-4-2-3-5-13(12)18-19-14/h6,11H,2-5,7-9H2,1H3,(H,16,20). The Balaban J connectivity index is 1.31. The molecule has 2 aliphatic rings. The van der Waals surface area contributed by atoms with Crippen LogP contribution in [0.1, 0.15) is 29.1 Å². The van der Waals surface area contributed by atoms with Crippen molar-refractivity contribution in [2.24, 2.45) is 5.92 Å². The van der Waals surface area contributed by atoms with Gasteiger partial charge < -0.3 is 10.2 Å². The Kier molecular flexibility index (Phi) is 3.65. The van der Waals surface area contributed by atoms with Crippen LogP contribution in [0.3, 0.4) is 0 Å². The van der Waals surface area contributed by atoms with Gasteiger partial charge in [-0.3, -0.25) is 0 Å². The fourth-order valence-corrected chi connectivity index (χ4v) is 3.72. The van der Waals surface area contributed by atoms with Crippen molar-refractivity contribution in [1.29, 1.82) is 0 Å². The molecule has 0 aromatic carbocycles. The van der Waals surface area contributed by atoms with Gasteiger partial charge in [0.15, 0.2) is 5.82 Å². The molecule has 22 heavy (non-hydrogen) atoms. The fourth-order valence-electron chi connectivity index (χ4n) is 3.12. The first kappa shape index (κ1) is 13.9. The molecule has 0 radical (unpaired) electrons. The van der Waals surface area contributed by atoms with E-state index in [9.17, 15) is 0 Å². The van der Waals surface area contributed by atoms with Crippen molar-refractivity contribution in [2.45, 2.75) is 32.6 Å². The van der Waals surface area contributed by atoms with Crippen LogP contribution in [0.15, 0.2) is 6.07 Å². The van der Waals surface area contributed by atoms with Crippen LogP contribution in [0.5, 0.6) is 0 Å². The average molecular weight is 316 g/mol. The summed E-state index contributed by atoms with van der Waals surface area (Å²) in [6, 6.07) is 2.25. The summed E-state index contributed by atoms with van der Waals surface area (Å²) in [6.45, 7) is 5.00. The van der Waals surface area contributed by atoms with Gasteiger partial charge in [-0.05, 0) is 44.2 Å². The van der Waals surface area contributed by atoms with Crippen LogP contribution in [0, 0.1) is 12.8 Å². The highest BCUT2D eigenvalue weighted by molar-refractivity contribution is 7.15. The van der Waals surface area contributed by atoms with E-state index in [1.807, 2.05) is 6.92 Å². The maximum absolute atomic E-state index is 4.42. The van der Waals surface area contributed by atoms with Crippen molar-refractivity contribution in [2.75, 3.05) is 29.9 Å². The van der Waals surface area contributed by atoms with E-state index in [1.165, 1.54) is 24.1 Å². The van der Waals surface area contributed by atoms with Gasteiger partial charge in [-0.25, -0.2) is 0 Å². The third-order valence-electron chi connectivity index (χ3n) is 4.41. The molecule has 6 nitrogen and oxygen atoms in total. The van der Waals surface area contributed by atoms with E-state index in [0.29, 0.717) is 5.92 Å². The Bertz CT molecular complexity index is 664. The van der Waals surface area contributed by atoms with E-state index in [4.69, 9.17) is 0 Å². The molecule has 116 valence electrons. The maximum atomic E-state index is 4.42. The third kappa shape index (κ3) is 2.77. The smallest absolute Gasteiger partial charge is 0.205 e. The second-order valence-electron chi connectivity index (χ2n) is 6.16. The molecule has 2 aromatic rings. The van der Waals surface area contributed by atoms with E-state index >= 15 is 0 Å². The minimum atomic E-state index is 0.641. The first-order chi connectivity index (χ1) is 10.8. The first-order valence-electron chi connectivity index (χ1n) is 7.92. The van der Waals surface area contributed by atoms with E-state index in [0.717, 1.165) is 48.4 Å². The predicted molar refractivity (Wildman–Crippen MR) is 87.5 cm³/mol. The van der Waals surface area contributed by atoms with E-state index < -0.39 is 0 Å². The summed E-state index contributed by atoms with van der Waals surface area (Å²) in [4.78, 5) is 2.32. The summed E-state index contributed by atoms with van der Waals surface area (Å²) < 4.78 is 0. The average Bonchev–Trinajstić information content (AvgIpc) is 2.91. The SMILES string of the molecule is Cc1nnc(NCC2CN(c3cc4c(nn3)CCCC4)C2)s1. The number of nitrogens with one attached hydrogen (secondary N) is 1. The Labute approximate surface area is 134 Å². The summed E-state index contributed by atoms with van der Waals surface area (Å²) in [5.74, 6) is 1.69. The molecule has 0 amide bonds. The highest BCUT2D eigenvalue weighted by atomic mass is 32.1. The van der Waals surface area contributed by atoms with Gasteiger partial charge in [-0.2, -0.15) is 5.10 Å². The molecule has 1 aliphatic carbocycles. The topological polar surface area (TPSA) is 66.8 Å². The number of rotatable bonds is 4. The third-order valence-corrected chi connectivity index (χ3v) is 5.20. The minimum Gasteiger partial charge on any atom is -0.360 e. The maximum Gasteiger partial charge on any atom is 0.205 e. The Morgan fingerprint density at radius 3 is 2.86 bits per heavy atom. The van der Waals surface area contributed by atoms with Crippen LogP contribution in [0.25, 0.3) is 0 Å². The molecule has 0 spiro atoms. The zero-order chi connectivity index (χ0) is 14.9. The zero-order valence-corrected chi connectivity index (χ0v) is 13.6. The van der Waals surface area contributed by atoms with Gasteiger partial charge in [0.2, 0.25) is 5.13 Å². The van der Waals surface area contributed by atoms with Crippen molar-refractivity contribution >= 4 is 22.3 Å². The number of fused-ring (bicyclic) bond motifs is 1. The molecular weight excluding hydrogens is 296 g/mol. The summed E-state index contributed by atoms with van der Waals surface area (Å²) in [5.41, 5.74) is 2.61. The summed E-state index contributed by atoms with van der Waals surface area (Å²) in [7, 11) is 0. The van der Waals surface area contributed by atoms with Gasteiger partial charge in [-0.1, -0.05) is 11.3 Å². The molecule has 0 unspecified atom stereocenters. The number of aromatic nitrogens is 4.